The van der Waals surface area contributed by atoms with E-state index in [1.807, 2.05) is 6.92 Å². The standard InChI is InChI=1S/C14H18N4/c1-10-3-5-12(6-4-10)15-9-14-17-16-11(2)18(14)13-7-8-13/h3-6,13,15H,7-9H2,1-2H3. The second kappa shape index (κ2) is 4.44. The minimum atomic E-state index is 0.634. The topological polar surface area (TPSA) is 42.7 Å². The molecule has 1 fully saturated rings. The van der Waals surface area contributed by atoms with Crippen LogP contribution in [0, 0.1) is 13.8 Å². The number of nitrogens with zero attached hydrogens (tertiary/aromatic N) is 3. The molecule has 2 aromatic rings. The van der Waals surface area contributed by atoms with Crippen LogP contribution >= 0.6 is 0 Å². The molecule has 0 spiro atoms. The molecule has 1 aliphatic carbocycles. The van der Waals surface area contributed by atoms with E-state index in [4.69, 9.17) is 0 Å². The molecule has 0 amide bonds. The van der Waals surface area contributed by atoms with Crippen molar-refractivity contribution in [2.45, 2.75) is 39.3 Å². The number of nitrogens with one attached hydrogen (secondary N) is 1. The predicted molar refractivity (Wildman–Crippen MR) is 71.5 cm³/mol. The lowest BCUT2D eigenvalue weighted by molar-refractivity contribution is 0.670. The molecule has 3 rings (SSSR count). The number of rotatable bonds is 4. The van der Waals surface area contributed by atoms with E-state index in [2.05, 4.69) is 51.3 Å². The van der Waals surface area contributed by atoms with E-state index in [1.54, 1.807) is 0 Å². The molecule has 4 nitrogen and oxygen atoms in total. The second-order valence-electron chi connectivity index (χ2n) is 4.98. The van der Waals surface area contributed by atoms with E-state index in [0.29, 0.717) is 6.04 Å². The lowest BCUT2D eigenvalue weighted by atomic mass is 10.2. The van der Waals surface area contributed by atoms with Gasteiger partial charge in [0.25, 0.3) is 0 Å². The van der Waals surface area contributed by atoms with Gasteiger partial charge in [-0.25, -0.2) is 0 Å². The van der Waals surface area contributed by atoms with Gasteiger partial charge < -0.3 is 9.88 Å². The minimum absolute atomic E-state index is 0.634. The van der Waals surface area contributed by atoms with Crippen molar-refractivity contribution in [3.63, 3.8) is 0 Å². The van der Waals surface area contributed by atoms with Crippen molar-refractivity contribution >= 4 is 5.69 Å². The fourth-order valence-electron chi connectivity index (χ4n) is 2.19. The van der Waals surface area contributed by atoms with Crippen molar-refractivity contribution < 1.29 is 0 Å². The lowest BCUT2D eigenvalue weighted by Gasteiger charge is -2.09. The lowest BCUT2D eigenvalue weighted by Crippen LogP contribution is -2.08. The Kier molecular flexibility index (Phi) is 2.78. The Morgan fingerprint density at radius 2 is 1.89 bits per heavy atom. The van der Waals surface area contributed by atoms with Gasteiger partial charge >= 0.3 is 0 Å². The van der Waals surface area contributed by atoms with Crippen LogP contribution in [0.1, 0.15) is 36.1 Å². The van der Waals surface area contributed by atoms with Gasteiger partial charge in [-0.05, 0) is 38.8 Å². The van der Waals surface area contributed by atoms with Crippen LogP contribution in [-0.2, 0) is 6.54 Å². The summed E-state index contributed by atoms with van der Waals surface area (Å²) in [7, 11) is 0. The molecule has 0 bridgehead atoms. The van der Waals surface area contributed by atoms with Gasteiger partial charge in [0.2, 0.25) is 0 Å². The zero-order valence-electron chi connectivity index (χ0n) is 10.8. The SMILES string of the molecule is Cc1ccc(NCc2nnc(C)n2C2CC2)cc1. The summed E-state index contributed by atoms with van der Waals surface area (Å²) in [6.45, 7) is 4.86. The Hall–Kier alpha value is -1.84. The molecule has 0 atom stereocenters. The molecule has 18 heavy (non-hydrogen) atoms. The molecule has 0 radical (unpaired) electrons. The molecule has 1 aromatic carbocycles. The van der Waals surface area contributed by atoms with Crippen LogP contribution in [-0.4, -0.2) is 14.8 Å². The number of hydrogen-bond acceptors (Lipinski definition) is 3. The largest absolute Gasteiger partial charge is 0.378 e. The summed E-state index contributed by atoms with van der Waals surface area (Å²) in [5.41, 5.74) is 2.40. The molecule has 0 aliphatic heterocycles. The first-order valence-corrected chi connectivity index (χ1v) is 6.45. The molecule has 0 unspecified atom stereocenters. The smallest absolute Gasteiger partial charge is 0.152 e. The van der Waals surface area contributed by atoms with Gasteiger partial charge in [-0.1, -0.05) is 17.7 Å². The van der Waals surface area contributed by atoms with Gasteiger partial charge in [0.15, 0.2) is 5.82 Å². The zero-order chi connectivity index (χ0) is 12.5. The van der Waals surface area contributed by atoms with E-state index in [1.165, 1.54) is 18.4 Å². The van der Waals surface area contributed by atoms with Crippen molar-refractivity contribution in [1.29, 1.82) is 0 Å². The fraction of sp³-hybridized carbons (Fsp3) is 0.429. The van der Waals surface area contributed by atoms with Crippen LogP contribution < -0.4 is 5.32 Å². The van der Waals surface area contributed by atoms with Crippen molar-refractivity contribution in [3.05, 3.63) is 41.5 Å². The molecule has 4 heteroatoms. The summed E-state index contributed by atoms with van der Waals surface area (Å²) < 4.78 is 2.27. The maximum atomic E-state index is 4.26. The Bertz CT molecular complexity index is 537. The molecule has 1 aromatic heterocycles. The molecular formula is C14H18N4. The van der Waals surface area contributed by atoms with Crippen LogP contribution in [0.25, 0.3) is 0 Å². The summed E-state index contributed by atoms with van der Waals surface area (Å²) in [4.78, 5) is 0. The molecule has 0 saturated heterocycles. The van der Waals surface area contributed by atoms with Crippen molar-refractivity contribution in [2.24, 2.45) is 0 Å². The van der Waals surface area contributed by atoms with E-state index in [0.717, 1.165) is 23.9 Å². The number of aryl methyl sites for hydroxylation is 2. The Labute approximate surface area is 107 Å². The summed E-state index contributed by atoms with van der Waals surface area (Å²) in [5.74, 6) is 2.06. The number of hydrogen-bond donors (Lipinski definition) is 1. The van der Waals surface area contributed by atoms with E-state index < -0.39 is 0 Å². The fourth-order valence-corrected chi connectivity index (χ4v) is 2.19. The van der Waals surface area contributed by atoms with Crippen LogP contribution in [0.4, 0.5) is 5.69 Å². The highest BCUT2D eigenvalue weighted by Crippen LogP contribution is 2.36. The first-order valence-electron chi connectivity index (χ1n) is 6.45. The van der Waals surface area contributed by atoms with Gasteiger partial charge in [-0.3, -0.25) is 0 Å². The quantitative estimate of drug-likeness (QED) is 0.896. The number of aromatic nitrogens is 3. The Morgan fingerprint density at radius 3 is 2.56 bits per heavy atom. The molecule has 1 heterocycles. The highest BCUT2D eigenvalue weighted by atomic mass is 15.3. The van der Waals surface area contributed by atoms with Crippen molar-refractivity contribution in [2.75, 3.05) is 5.32 Å². The third-order valence-electron chi connectivity index (χ3n) is 3.35. The van der Waals surface area contributed by atoms with Crippen molar-refractivity contribution in [3.8, 4) is 0 Å². The van der Waals surface area contributed by atoms with Gasteiger partial charge in [-0.15, -0.1) is 10.2 Å². The monoisotopic (exact) mass is 242 g/mol. The molecular weight excluding hydrogens is 224 g/mol. The van der Waals surface area contributed by atoms with Crippen molar-refractivity contribution in [1.82, 2.24) is 14.8 Å². The van der Waals surface area contributed by atoms with Gasteiger partial charge in [0, 0.05) is 11.7 Å². The average molecular weight is 242 g/mol. The zero-order valence-corrected chi connectivity index (χ0v) is 10.8. The summed E-state index contributed by atoms with van der Waals surface area (Å²) in [5, 5.41) is 11.8. The summed E-state index contributed by atoms with van der Waals surface area (Å²) in [6, 6.07) is 9.05. The normalized spacial score (nSPS) is 14.8. The molecule has 1 aliphatic rings. The van der Waals surface area contributed by atoms with E-state index >= 15 is 0 Å². The van der Waals surface area contributed by atoms with Crippen LogP contribution in [0.2, 0.25) is 0 Å². The molecule has 1 saturated carbocycles. The highest BCUT2D eigenvalue weighted by molar-refractivity contribution is 5.44. The van der Waals surface area contributed by atoms with Crippen LogP contribution in [0.3, 0.4) is 0 Å². The number of benzene rings is 1. The first kappa shape index (κ1) is 11.3. The molecule has 1 N–H and O–H groups in total. The predicted octanol–water partition coefficient (Wildman–Crippen LogP) is 2.84. The van der Waals surface area contributed by atoms with Gasteiger partial charge in [-0.2, -0.15) is 0 Å². The highest BCUT2D eigenvalue weighted by Gasteiger charge is 2.27. The van der Waals surface area contributed by atoms with Gasteiger partial charge in [0.1, 0.15) is 5.82 Å². The second-order valence-corrected chi connectivity index (χ2v) is 4.98. The third-order valence-corrected chi connectivity index (χ3v) is 3.35. The average Bonchev–Trinajstić information content (AvgIpc) is 3.13. The molecule has 94 valence electrons. The first-order chi connectivity index (χ1) is 8.74. The Balaban J connectivity index is 1.71. The third kappa shape index (κ3) is 2.23. The Morgan fingerprint density at radius 1 is 1.17 bits per heavy atom. The maximum absolute atomic E-state index is 4.26. The van der Waals surface area contributed by atoms with E-state index in [9.17, 15) is 0 Å². The van der Waals surface area contributed by atoms with Crippen LogP contribution in [0.15, 0.2) is 24.3 Å². The van der Waals surface area contributed by atoms with Crippen LogP contribution in [0.5, 0.6) is 0 Å². The summed E-state index contributed by atoms with van der Waals surface area (Å²) in [6.07, 6.45) is 2.52. The number of anilines is 1. The summed E-state index contributed by atoms with van der Waals surface area (Å²) >= 11 is 0. The minimum Gasteiger partial charge on any atom is -0.378 e. The maximum Gasteiger partial charge on any atom is 0.152 e. The van der Waals surface area contributed by atoms with Gasteiger partial charge in [0.05, 0.1) is 6.54 Å². The van der Waals surface area contributed by atoms with E-state index in [-0.39, 0.29) is 0 Å².